The van der Waals surface area contributed by atoms with E-state index in [-0.39, 0.29) is 10.7 Å². The van der Waals surface area contributed by atoms with E-state index in [0.717, 1.165) is 11.3 Å². The van der Waals surface area contributed by atoms with Gasteiger partial charge in [-0.1, -0.05) is 11.3 Å². The molecule has 2 N–H and O–H groups in total. The zero-order valence-corrected chi connectivity index (χ0v) is 9.50. The summed E-state index contributed by atoms with van der Waals surface area (Å²) in [5.74, 6) is -2.53. The topological polar surface area (TPSA) is 79.3 Å². The van der Waals surface area contributed by atoms with Crippen LogP contribution < -0.4 is 5.32 Å². The molecule has 0 aliphatic rings. The number of hydrogen-bond donors (Lipinski definition) is 2. The Bertz CT molecular complexity index is 627. The van der Waals surface area contributed by atoms with Gasteiger partial charge >= 0.3 is 12.4 Å². The van der Waals surface area contributed by atoms with E-state index in [1.165, 1.54) is 18.2 Å². The number of thiazole rings is 1. The molecule has 2 rings (SSSR count). The van der Waals surface area contributed by atoms with Crippen molar-refractivity contribution in [2.75, 3.05) is 5.32 Å². The van der Waals surface area contributed by atoms with Crippen LogP contribution in [-0.4, -0.2) is 28.4 Å². The first-order valence-electron chi connectivity index (χ1n) is 4.70. The lowest BCUT2D eigenvalue weighted by Gasteiger charge is -1.97. The van der Waals surface area contributed by atoms with Crippen molar-refractivity contribution in [1.82, 2.24) is 4.98 Å². The lowest BCUT2D eigenvalue weighted by molar-refractivity contribution is -0.126. The molecule has 0 fully saturated rings. The smallest absolute Gasteiger partial charge is 0.335 e. The second kappa shape index (κ2) is 4.65. The summed E-state index contributed by atoms with van der Waals surface area (Å²) >= 11 is 0.935. The minimum Gasteiger partial charge on any atom is -0.478 e. The number of hydrogen-bond acceptors (Lipinski definition) is 4. The van der Waals surface area contributed by atoms with E-state index >= 15 is 0 Å². The van der Waals surface area contributed by atoms with Crippen LogP contribution >= 0.6 is 11.3 Å². The predicted molar refractivity (Wildman–Crippen MR) is 61.2 cm³/mol. The zero-order chi connectivity index (χ0) is 13.3. The fourth-order valence-electron chi connectivity index (χ4n) is 1.27. The Morgan fingerprint density at radius 2 is 2.11 bits per heavy atom. The van der Waals surface area contributed by atoms with Crippen LogP contribution in [0.3, 0.4) is 0 Å². The van der Waals surface area contributed by atoms with Gasteiger partial charge in [0, 0.05) is 0 Å². The summed E-state index contributed by atoms with van der Waals surface area (Å²) < 4.78 is 24.6. The number of halogens is 2. The molecule has 2 aromatic rings. The third-order valence-electron chi connectivity index (χ3n) is 2.06. The summed E-state index contributed by atoms with van der Waals surface area (Å²) in [4.78, 5) is 25.4. The summed E-state index contributed by atoms with van der Waals surface area (Å²) in [7, 11) is 0. The number of carbonyl (C=O) groups is 2. The van der Waals surface area contributed by atoms with Gasteiger partial charge in [-0.3, -0.25) is 10.1 Å². The van der Waals surface area contributed by atoms with E-state index in [1.807, 2.05) is 5.32 Å². The highest BCUT2D eigenvalue weighted by Gasteiger charge is 2.17. The quantitative estimate of drug-likeness (QED) is 0.897. The number of rotatable bonds is 3. The average molecular weight is 272 g/mol. The first kappa shape index (κ1) is 12.4. The molecule has 0 bridgehead atoms. The number of fused-ring (bicyclic) bond motifs is 1. The largest absolute Gasteiger partial charge is 0.478 e. The molecule has 18 heavy (non-hydrogen) atoms. The van der Waals surface area contributed by atoms with E-state index in [2.05, 4.69) is 4.98 Å². The van der Waals surface area contributed by atoms with Gasteiger partial charge < -0.3 is 5.11 Å². The van der Waals surface area contributed by atoms with Crippen molar-refractivity contribution in [2.45, 2.75) is 6.43 Å². The zero-order valence-electron chi connectivity index (χ0n) is 8.68. The summed E-state index contributed by atoms with van der Waals surface area (Å²) in [6.45, 7) is 0. The number of benzene rings is 1. The summed E-state index contributed by atoms with van der Waals surface area (Å²) in [5, 5.41) is 10.7. The molecule has 1 heterocycles. The predicted octanol–water partition coefficient (Wildman–Crippen LogP) is 2.20. The Morgan fingerprint density at radius 3 is 2.72 bits per heavy atom. The van der Waals surface area contributed by atoms with Crippen molar-refractivity contribution in [2.24, 2.45) is 0 Å². The maximum absolute atomic E-state index is 12.0. The Kier molecular flexibility index (Phi) is 3.19. The van der Waals surface area contributed by atoms with Crippen LogP contribution in [0.4, 0.5) is 13.9 Å². The highest BCUT2D eigenvalue weighted by atomic mass is 32.1. The first-order chi connectivity index (χ1) is 8.47. The van der Waals surface area contributed by atoms with Crippen LogP contribution in [0.15, 0.2) is 18.2 Å². The molecule has 5 nitrogen and oxygen atoms in total. The number of anilines is 1. The van der Waals surface area contributed by atoms with Crippen LogP contribution in [0, 0.1) is 0 Å². The molecule has 0 saturated carbocycles. The number of nitrogens with zero attached hydrogens (tertiary/aromatic N) is 1. The minimum absolute atomic E-state index is 0.0119. The second-order valence-electron chi connectivity index (χ2n) is 3.30. The van der Waals surface area contributed by atoms with E-state index in [1.54, 1.807) is 0 Å². The van der Waals surface area contributed by atoms with Gasteiger partial charge in [0.15, 0.2) is 5.13 Å². The monoisotopic (exact) mass is 272 g/mol. The number of nitrogens with one attached hydrogen (secondary N) is 1. The third kappa shape index (κ3) is 2.43. The van der Waals surface area contributed by atoms with Gasteiger partial charge in [-0.15, -0.1) is 0 Å². The number of carboxylic acid groups (broad SMARTS) is 1. The normalized spacial score (nSPS) is 10.8. The lowest BCUT2D eigenvalue weighted by Crippen LogP contribution is -2.19. The van der Waals surface area contributed by atoms with Gasteiger partial charge in [0.1, 0.15) is 0 Å². The number of alkyl halides is 2. The molecule has 0 aliphatic heterocycles. The second-order valence-corrected chi connectivity index (χ2v) is 4.33. The number of carboxylic acids is 1. The molecule has 1 aromatic heterocycles. The van der Waals surface area contributed by atoms with E-state index < -0.39 is 18.3 Å². The Balaban J connectivity index is 2.33. The van der Waals surface area contributed by atoms with Gasteiger partial charge in [0.25, 0.3) is 5.91 Å². The molecular weight excluding hydrogens is 266 g/mol. The van der Waals surface area contributed by atoms with Crippen LogP contribution in [0.1, 0.15) is 10.4 Å². The SMILES string of the molecule is O=C(O)c1ccc2nc(NC(=O)C(F)F)sc2c1. The molecule has 1 amide bonds. The Labute approximate surface area is 103 Å². The summed E-state index contributed by atoms with van der Waals surface area (Å²) in [6, 6.07) is 4.17. The number of carbonyl (C=O) groups excluding carboxylic acids is 1. The standard InChI is InChI=1S/C10H6F2N2O3S/c11-7(12)8(15)14-10-13-5-2-1-4(9(16)17)3-6(5)18-10/h1-3,7H,(H,16,17)(H,13,14,15). The number of amides is 1. The van der Waals surface area contributed by atoms with Crippen molar-refractivity contribution >= 4 is 38.6 Å². The number of aromatic carboxylic acids is 1. The van der Waals surface area contributed by atoms with Gasteiger partial charge in [0.2, 0.25) is 0 Å². The maximum atomic E-state index is 12.0. The Hall–Kier alpha value is -2.09. The first-order valence-corrected chi connectivity index (χ1v) is 5.52. The van der Waals surface area contributed by atoms with Crippen molar-refractivity contribution in [3.63, 3.8) is 0 Å². The van der Waals surface area contributed by atoms with Gasteiger partial charge in [0.05, 0.1) is 15.8 Å². The Morgan fingerprint density at radius 1 is 1.39 bits per heavy atom. The van der Waals surface area contributed by atoms with E-state index in [4.69, 9.17) is 5.11 Å². The summed E-state index contributed by atoms with van der Waals surface area (Å²) in [5.41, 5.74) is 0.507. The maximum Gasteiger partial charge on any atom is 0.335 e. The minimum atomic E-state index is -3.12. The van der Waals surface area contributed by atoms with Crippen LogP contribution in [0.25, 0.3) is 10.2 Å². The van der Waals surface area contributed by atoms with Crippen LogP contribution in [0.2, 0.25) is 0 Å². The molecule has 94 valence electrons. The summed E-state index contributed by atoms with van der Waals surface area (Å²) in [6.07, 6.45) is -3.12. The van der Waals surface area contributed by atoms with Crippen LogP contribution in [0.5, 0.6) is 0 Å². The van der Waals surface area contributed by atoms with Crippen molar-refractivity contribution in [3.8, 4) is 0 Å². The third-order valence-corrected chi connectivity index (χ3v) is 3.00. The van der Waals surface area contributed by atoms with Crippen molar-refractivity contribution in [1.29, 1.82) is 0 Å². The van der Waals surface area contributed by atoms with Crippen LogP contribution in [-0.2, 0) is 4.79 Å². The van der Waals surface area contributed by atoms with Gasteiger partial charge in [-0.2, -0.15) is 8.78 Å². The van der Waals surface area contributed by atoms with E-state index in [0.29, 0.717) is 10.2 Å². The fourth-order valence-corrected chi connectivity index (χ4v) is 2.18. The number of aromatic nitrogens is 1. The molecule has 1 aromatic carbocycles. The molecule has 0 aliphatic carbocycles. The molecule has 0 unspecified atom stereocenters. The molecule has 0 atom stereocenters. The molecule has 0 spiro atoms. The lowest BCUT2D eigenvalue weighted by atomic mass is 10.2. The molecular formula is C10H6F2N2O3S. The molecule has 0 radical (unpaired) electrons. The molecule has 0 saturated heterocycles. The highest BCUT2D eigenvalue weighted by molar-refractivity contribution is 7.22. The van der Waals surface area contributed by atoms with Gasteiger partial charge in [-0.25, -0.2) is 9.78 Å². The molecule has 8 heteroatoms. The van der Waals surface area contributed by atoms with Crippen molar-refractivity contribution in [3.05, 3.63) is 23.8 Å². The highest BCUT2D eigenvalue weighted by Crippen LogP contribution is 2.27. The van der Waals surface area contributed by atoms with Crippen molar-refractivity contribution < 1.29 is 23.5 Å². The fraction of sp³-hybridized carbons (Fsp3) is 0.100. The average Bonchev–Trinajstić information content (AvgIpc) is 2.69. The van der Waals surface area contributed by atoms with E-state index in [9.17, 15) is 18.4 Å². The van der Waals surface area contributed by atoms with Gasteiger partial charge in [-0.05, 0) is 18.2 Å².